The Hall–Kier alpha value is -2.22. The van der Waals surface area contributed by atoms with Crippen LogP contribution in [0.4, 0.5) is 0 Å². The van der Waals surface area contributed by atoms with E-state index in [0.717, 1.165) is 17.9 Å². The van der Waals surface area contributed by atoms with Gasteiger partial charge in [-0.2, -0.15) is 20.5 Å². The molecule has 3 aromatic rings. The molecule has 1 fully saturated rings. The molecule has 2 N–H and O–H groups in total. The molecule has 0 amide bonds. The quantitative estimate of drug-likeness (QED) is 0.753. The van der Waals surface area contributed by atoms with E-state index in [1.54, 1.807) is 6.20 Å². The van der Waals surface area contributed by atoms with E-state index in [-0.39, 0.29) is 0 Å². The highest BCUT2D eigenvalue weighted by atomic mass is 35.5. The second kappa shape index (κ2) is 6.01. The maximum absolute atomic E-state index is 10.7. The number of hydrogen-bond acceptors (Lipinski definition) is 5. The van der Waals surface area contributed by atoms with Crippen LogP contribution in [0.1, 0.15) is 17.8 Å². The van der Waals surface area contributed by atoms with Gasteiger partial charge < -0.3 is 5.11 Å². The SMILES string of the molecule is OC1(c2cn[nH]n2)CCN(Cc2ccn(-c3ccc(Cl)cc3)n2)C1. The van der Waals surface area contributed by atoms with Gasteiger partial charge in [0.1, 0.15) is 11.3 Å². The van der Waals surface area contributed by atoms with Gasteiger partial charge in [0.15, 0.2) is 0 Å². The summed E-state index contributed by atoms with van der Waals surface area (Å²) in [5.74, 6) is 0. The van der Waals surface area contributed by atoms with E-state index in [4.69, 9.17) is 11.6 Å². The Balaban J connectivity index is 1.44. The Kier molecular flexibility index (Phi) is 3.84. The fourth-order valence-corrected chi connectivity index (χ4v) is 3.18. The van der Waals surface area contributed by atoms with Gasteiger partial charge in [0.25, 0.3) is 0 Å². The maximum Gasteiger partial charge on any atom is 0.124 e. The van der Waals surface area contributed by atoms with Crippen molar-refractivity contribution < 1.29 is 5.11 Å². The molecule has 2 aromatic heterocycles. The second-order valence-electron chi connectivity index (χ2n) is 6.08. The zero-order chi connectivity index (χ0) is 16.6. The first kappa shape index (κ1) is 15.3. The minimum Gasteiger partial charge on any atom is -0.382 e. The Morgan fingerprint density at radius 1 is 1.25 bits per heavy atom. The van der Waals surface area contributed by atoms with Crippen LogP contribution in [0, 0.1) is 0 Å². The number of nitrogens with zero attached hydrogens (tertiary/aromatic N) is 5. The maximum atomic E-state index is 10.7. The highest BCUT2D eigenvalue weighted by molar-refractivity contribution is 6.30. The Morgan fingerprint density at radius 2 is 2.08 bits per heavy atom. The molecule has 0 bridgehead atoms. The number of H-pyrrole nitrogens is 1. The van der Waals surface area contributed by atoms with Crippen LogP contribution in [0.25, 0.3) is 5.69 Å². The zero-order valence-electron chi connectivity index (χ0n) is 12.9. The number of aromatic amines is 1. The van der Waals surface area contributed by atoms with Crippen molar-refractivity contribution in [2.75, 3.05) is 13.1 Å². The third-order valence-electron chi connectivity index (χ3n) is 4.34. The van der Waals surface area contributed by atoms with Crippen LogP contribution in [-0.2, 0) is 12.1 Å². The lowest BCUT2D eigenvalue weighted by molar-refractivity contribution is 0.0407. The summed E-state index contributed by atoms with van der Waals surface area (Å²) in [5.41, 5.74) is 1.57. The van der Waals surface area contributed by atoms with E-state index in [2.05, 4.69) is 25.4 Å². The van der Waals surface area contributed by atoms with Crippen molar-refractivity contribution in [3.8, 4) is 5.69 Å². The van der Waals surface area contributed by atoms with Crippen molar-refractivity contribution in [2.45, 2.75) is 18.6 Å². The number of halogens is 1. The van der Waals surface area contributed by atoms with Crippen molar-refractivity contribution >= 4 is 11.6 Å². The van der Waals surface area contributed by atoms with Crippen molar-refractivity contribution in [1.82, 2.24) is 30.1 Å². The minimum atomic E-state index is -0.939. The number of β-amino-alcohol motifs (C(OH)–C–C–N with tert-alkyl or cyclic N) is 1. The van der Waals surface area contributed by atoms with Crippen LogP contribution in [0.15, 0.2) is 42.7 Å². The third-order valence-corrected chi connectivity index (χ3v) is 4.59. The summed E-state index contributed by atoms with van der Waals surface area (Å²) < 4.78 is 1.82. The van der Waals surface area contributed by atoms with E-state index in [9.17, 15) is 5.11 Å². The van der Waals surface area contributed by atoms with Crippen LogP contribution >= 0.6 is 11.6 Å². The fraction of sp³-hybridized carbons (Fsp3) is 0.312. The Bertz CT molecular complexity index is 815. The fourth-order valence-electron chi connectivity index (χ4n) is 3.05. The molecule has 1 aromatic carbocycles. The second-order valence-corrected chi connectivity index (χ2v) is 6.51. The van der Waals surface area contributed by atoms with Gasteiger partial charge in [-0.15, -0.1) is 0 Å². The summed E-state index contributed by atoms with van der Waals surface area (Å²) in [6.45, 7) is 1.99. The van der Waals surface area contributed by atoms with Crippen molar-refractivity contribution in [2.24, 2.45) is 0 Å². The van der Waals surface area contributed by atoms with Crippen LogP contribution in [0.5, 0.6) is 0 Å². The number of rotatable bonds is 4. The average molecular weight is 345 g/mol. The van der Waals surface area contributed by atoms with Crippen LogP contribution in [-0.4, -0.2) is 48.3 Å². The summed E-state index contributed by atoms with van der Waals surface area (Å²) in [4.78, 5) is 2.17. The number of nitrogens with one attached hydrogen (secondary N) is 1. The van der Waals surface area contributed by atoms with E-state index < -0.39 is 5.60 Å². The molecule has 0 radical (unpaired) electrons. The van der Waals surface area contributed by atoms with Gasteiger partial charge >= 0.3 is 0 Å². The molecular weight excluding hydrogens is 328 g/mol. The molecule has 0 aliphatic carbocycles. The molecule has 3 heterocycles. The summed E-state index contributed by atoms with van der Waals surface area (Å²) in [7, 11) is 0. The van der Waals surface area contributed by atoms with E-state index in [1.165, 1.54) is 0 Å². The van der Waals surface area contributed by atoms with Gasteiger partial charge in [-0.05, 0) is 36.8 Å². The molecule has 1 aliphatic heterocycles. The predicted molar refractivity (Wildman–Crippen MR) is 88.7 cm³/mol. The molecule has 0 saturated carbocycles. The standard InChI is InChI=1S/C16H17ClN6O/c17-12-1-3-14(4-2-12)23-7-5-13(20-23)10-22-8-6-16(24,11-22)15-9-18-21-19-15/h1-5,7,9,24H,6,8,10-11H2,(H,18,19,21). The van der Waals surface area contributed by atoms with Crippen LogP contribution in [0.2, 0.25) is 5.02 Å². The highest BCUT2D eigenvalue weighted by Gasteiger charge is 2.39. The summed E-state index contributed by atoms with van der Waals surface area (Å²) in [5, 5.41) is 26.4. The van der Waals surface area contributed by atoms with Crippen LogP contribution in [0.3, 0.4) is 0 Å². The van der Waals surface area contributed by atoms with Gasteiger partial charge in [-0.1, -0.05) is 11.6 Å². The number of benzene rings is 1. The van der Waals surface area contributed by atoms with Gasteiger partial charge in [0, 0.05) is 30.9 Å². The third kappa shape index (κ3) is 2.93. The lowest BCUT2D eigenvalue weighted by Crippen LogP contribution is -2.31. The zero-order valence-corrected chi connectivity index (χ0v) is 13.7. The van der Waals surface area contributed by atoms with Gasteiger partial charge in [-0.25, -0.2) is 4.68 Å². The monoisotopic (exact) mass is 344 g/mol. The highest BCUT2D eigenvalue weighted by Crippen LogP contribution is 2.30. The molecule has 7 nitrogen and oxygen atoms in total. The molecule has 4 rings (SSSR count). The Labute approximate surface area is 143 Å². The van der Waals surface area contributed by atoms with Crippen molar-refractivity contribution in [1.29, 1.82) is 0 Å². The molecule has 8 heteroatoms. The molecule has 24 heavy (non-hydrogen) atoms. The summed E-state index contributed by atoms with van der Waals surface area (Å²) >= 11 is 5.91. The lowest BCUT2D eigenvalue weighted by atomic mass is 10.0. The predicted octanol–water partition coefficient (Wildman–Crippen LogP) is 1.74. The topological polar surface area (TPSA) is 82.9 Å². The lowest BCUT2D eigenvalue weighted by Gasteiger charge is -2.20. The minimum absolute atomic E-state index is 0.521. The Morgan fingerprint density at radius 3 is 2.83 bits per heavy atom. The van der Waals surface area contributed by atoms with E-state index in [0.29, 0.717) is 30.2 Å². The van der Waals surface area contributed by atoms with E-state index in [1.807, 2.05) is 41.2 Å². The smallest absolute Gasteiger partial charge is 0.124 e. The molecule has 1 saturated heterocycles. The van der Waals surface area contributed by atoms with Gasteiger partial charge in [0.2, 0.25) is 0 Å². The molecule has 1 unspecified atom stereocenters. The summed E-state index contributed by atoms with van der Waals surface area (Å²) in [6, 6.07) is 9.53. The number of aliphatic hydroxyl groups is 1. The molecule has 1 aliphatic rings. The van der Waals surface area contributed by atoms with Gasteiger partial charge in [0.05, 0.1) is 17.6 Å². The first-order chi connectivity index (χ1) is 11.6. The molecular formula is C16H17ClN6O. The number of likely N-dealkylation sites (tertiary alicyclic amines) is 1. The molecule has 124 valence electrons. The largest absolute Gasteiger partial charge is 0.382 e. The van der Waals surface area contributed by atoms with Crippen molar-refractivity contribution in [3.05, 3.63) is 59.1 Å². The molecule has 1 atom stereocenters. The first-order valence-electron chi connectivity index (χ1n) is 7.74. The van der Waals surface area contributed by atoms with Crippen molar-refractivity contribution in [3.63, 3.8) is 0 Å². The van der Waals surface area contributed by atoms with E-state index >= 15 is 0 Å². The van der Waals surface area contributed by atoms with Gasteiger partial charge in [-0.3, -0.25) is 4.90 Å². The number of aromatic nitrogens is 5. The normalized spacial score (nSPS) is 21.4. The van der Waals surface area contributed by atoms with Crippen LogP contribution < -0.4 is 0 Å². The first-order valence-corrected chi connectivity index (χ1v) is 8.12. The summed E-state index contributed by atoms with van der Waals surface area (Å²) in [6.07, 6.45) is 4.15. The average Bonchev–Trinajstić information content (AvgIpc) is 3.30. The number of hydrogen-bond donors (Lipinski definition) is 2. The molecule has 0 spiro atoms.